The molecule has 2 heterocycles. The summed E-state index contributed by atoms with van der Waals surface area (Å²) in [5.41, 5.74) is 3.22. The minimum Gasteiger partial charge on any atom is -0.356 e. The van der Waals surface area contributed by atoms with Crippen LogP contribution >= 0.6 is 15.9 Å². The first-order valence-corrected chi connectivity index (χ1v) is 10.3. The molecule has 0 aliphatic heterocycles. The maximum atomic E-state index is 13.1. The summed E-state index contributed by atoms with van der Waals surface area (Å²) in [6.07, 6.45) is 1.02. The number of pyridine rings is 1. The molecule has 0 saturated carbocycles. The average molecular weight is 453 g/mol. The van der Waals surface area contributed by atoms with Crippen molar-refractivity contribution in [2.24, 2.45) is 0 Å². The lowest BCUT2D eigenvalue weighted by Gasteiger charge is -2.12. The summed E-state index contributed by atoms with van der Waals surface area (Å²) in [4.78, 5) is 25.2. The average Bonchev–Trinajstić information content (AvgIpc) is 3.10. The number of hydrogen-bond acceptors (Lipinski definition) is 3. The van der Waals surface area contributed by atoms with Gasteiger partial charge in [-0.1, -0.05) is 46.3 Å². The Morgan fingerprint density at radius 3 is 2.79 bits per heavy atom. The number of halogens is 1. The minimum atomic E-state index is -0.0586. The van der Waals surface area contributed by atoms with E-state index in [0.29, 0.717) is 36.8 Å². The number of fused-ring (bicyclic) bond motifs is 3. The molecule has 7 heteroatoms. The lowest BCUT2D eigenvalue weighted by molar-refractivity contribution is -0.120. The number of hydrogen-bond donors (Lipinski definition) is 2. The lowest BCUT2D eigenvalue weighted by atomic mass is 10.1. The third kappa shape index (κ3) is 3.96. The van der Waals surface area contributed by atoms with Crippen LogP contribution in [0.2, 0.25) is 0 Å². The van der Waals surface area contributed by atoms with Gasteiger partial charge in [-0.2, -0.15) is 5.10 Å². The van der Waals surface area contributed by atoms with Crippen LogP contribution in [0.25, 0.3) is 21.8 Å². The number of nitrogens with one attached hydrogen (secondary N) is 2. The van der Waals surface area contributed by atoms with Crippen LogP contribution in [0.1, 0.15) is 17.7 Å². The van der Waals surface area contributed by atoms with Crippen LogP contribution in [0.4, 0.5) is 0 Å². The molecule has 2 N–H and O–H groups in total. The van der Waals surface area contributed by atoms with Crippen molar-refractivity contribution < 1.29 is 4.79 Å². The Kier molecular flexibility index (Phi) is 5.49. The smallest absolute Gasteiger partial charge is 0.262 e. The molecule has 148 valence electrons. The van der Waals surface area contributed by atoms with Crippen LogP contribution in [0.5, 0.6) is 0 Å². The van der Waals surface area contributed by atoms with Crippen molar-refractivity contribution in [3.05, 3.63) is 74.6 Å². The number of amides is 1. The van der Waals surface area contributed by atoms with Gasteiger partial charge in [0.25, 0.3) is 5.56 Å². The quantitative estimate of drug-likeness (QED) is 0.437. The number of nitrogens with zero attached hydrogens (tertiary/aromatic N) is 2. The van der Waals surface area contributed by atoms with Gasteiger partial charge in [0.15, 0.2) is 0 Å². The molecule has 4 rings (SSSR count). The number of rotatable bonds is 6. The molecular formula is C22H21BrN4O2. The Hall–Kier alpha value is -2.93. The molecule has 0 bridgehead atoms. The van der Waals surface area contributed by atoms with Gasteiger partial charge in [-0.3, -0.25) is 14.7 Å². The zero-order valence-electron chi connectivity index (χ0n) is 16.0. The van der Waals surface area contributed by atoms with Crippen LogP contribution in [0, 0.1) is 6.92 Å². The van der Waals surface area contributed by atoms with E-state index >= 15 is 0 Å². The predicted molar refractivity (Wildman–Crippen MR) is 118 cm³/mol. The van der Waals surface area contributed by atoms with E-state index in [1.165, 1.54) is 0 Å². The summed E-state index contributed by atoms with van der Waals surface area (Å²) in [5.74, 6) is -0.0153. The third-order valence-corrected chi connectivity index (χ3v) is 5.49. The SMILES string of the molecule is Cc1[nH]nc2c1c(=O)n(CCCNC(=O)Cc1ccccc1)c1ccc(Br)cc21. The molecule has 0 aliphatic carbocycles. The zero-order valence-corrected chi connectivity index (χ0v) is 17.6. The summed E-state index contributed by atoms with van der Waals surface area (Å²) in [6.45, 7) is 2.89. The number of aromatic nitrogens is 3. The molecule has 6 nitrogen and oxygen atoms in total. The van der Waals surface area contributed by atoms with E-state index in [0.717, 1.165) is 26.6 Å². The second-order valence-electron chi connectivity index (χ2n) is 7.06. The highest BCUT2D eigenvalue weighted by Gasteiger charge is 2.15. The van der Waals surface area contributed by atoms with Crippen molar-refractivity contribution in [3.63, 3.8) is 0 Å². The molecule has 0 spiro atoms. The van der Waals surface area contributed by atoms with E-state index in [9.17, 15) is 9.59 Å². The zero-order chi connectivity index (χ0) is 20.4. The largest absolute Gasteiger partial charge is 0.356 e. The van der Waals surface area contributed by atoms with Crippen molar-refractivity contribution in [1.82, 2.24) is 20.1 Å². The molecule has 2 aromatic heterocycles. The Morgan fingerprint density at radius 2 is 2.00 bits per heavy atom. The molecule has 0 fully saturated rings. The molecule has 0 aliphatic rings. The fraction of sp³-hybridized carbons (Fsp3) is 0.227. The number of aryl methyl sites for hydroxylation is 2. The standard InChI is InChI=1S/C22H21BrN4O2/c1-14-20-21(26-25-14)17-13-16(23)8-9-18(17)27(22(20)29)11-5-10-24-19(28)12-15-6-3-2-4-7-15/h2-4,6-9,13H,5,10-12H2,1H3,(H,24,28)(H,25,26). The highest BCUT2D eigenvalue weighted by Crippen LogP contribution is 2.26. The van der Waals surface area contributed by atoms with Crippen molar-refractivity contribution in [3.8, 4) is 0 Å². The number of benzene rings is 2. The number of aromatic amines is 1. The van der Waals surface area contributed by atoms with Crippen LogP contribution in [-0.2, 0) is 17.8 Å². The van der Waals surface area contributed by atoms with Gasteiger partial charge in [-0.05, 0) is 37.1 Å². The fourth-order valence-electron chi connectivity index (χ4n) is 3.59. The number of H-pyrrole nitrogens is 1. The first-order chi connectivity index (χ1) is 14.0. The second kappa shape index (κ2) is 8.21. The van der Waals surface area contributed by atoms with Crippen molar-refractivity contribution in [2.75, 3.05) is 6.54 Å². The van der Waals surface area contributed by atoms with Crippen LogP contribution in [0.3, 0.4) is 0 Å². The summed E-state index contributed by atoms with van der Waals surface area (Å²) in [5, 5.41) is 11.7. The number of carbonyl (C=O) groups is 1. The van der Waals surface area contributed by atoms with E-state index in [1.54, 1.807) is 4.57 Å². The summed E-state index contributed by atoms with van der Waals surface area (Å²) in [6, 6.07) is 15.5. The molecule has 4 aromatic rings. The summed E-state index contributed by atoms with van der Waals surface area (Å²) < 4.78 is 2.71. The Morgan fingerprint density at radius 1 is 1.21 bits per heavy atom. The second-order valence-corrected chi connectivity index (χ2v) is 7.97. The van der Waals surface area contributed by atoms with Gasteiger partial charge in [0.1, 0.15) is 5.52 Å². The normalized spacial score (nSPS) is 11.2. The molecule has 2 aromatic carbocycles. The minimum absolute atomic E-state index is 0.0153. The van der Waals surface area contributed by atoms with Crippen LogP contribution in [0.15, 0.2) is 57.8 Å². The maximum Gasteiger partial charge on any atom is 0.262 e. The Bertz CT molecular complexity index is 1240. The van der Waals surface area contributed by atoms with Crippen LogP contribution < -0.4 is 10.9 Å². The molecule has 0 saturated heterocycles. The summed E-state index contributed by atoms with van der Waals surface area (Å²) in [7, 11) is 0. The van der Waals surface area contributed by atoms with Crippen molar-refractivity contribution in [2.45, 2.75) is 26.3 Å². The molecule has 0 radical (unpaired) electrons. The highest BCUT2D eigenvalue weighted by atomic mass is 79.9. The van der Waals surface area contributed by atoms with E-state index in [1.807, 2.05) is 55.5 Å². The molecule has 0 atom stereocenters. The third-order valence-electron chi connectivity index (χ3n) is 5.00. The number of carbonyl (C=O) groups excluding carboxylic acids is 1. The molecule has 1 amide bonds. The predicted octanol–water partition coefficient (Wildman–Crippen LogP) is 3.70. The van der Waals surface area contributed by atoms with E-state index in [2.05, 4.69) is 31.4 Å². The van der Waals surface area contributed by atoms with Crippen LogP contribution in [-0.4, -0.2) is 27.2 Å². The first kappa shape index (κ1) is 19.4. The maximum absolute atomic E-state index is 13.1. The molecule has 29 heavy (non-hydrogen) atoms. The van der Waals surface area contributed by atoms with E-state index in [4.69, 9.17) is 0 Å². The monoisotopic (exact) mass is 452 g/mol. The van der Waals surface area contributed by atoms with Gasteiger partial charge in [0, 0.05) is 28.6 Å². The van der Waals surface area contributed by atoms with Gasteiger partial charge < -0.3 is 9.88 Å². The van der Waals surface area contributed by atoms with Gasteiger partial charge in [-0.25, -0.2) is 0 Å². The van der Waals surface area contributed by atoms with Crippen molar-refractivity contribution in [1.29, 1.82) is 0 Å². The fourth-order valence-corrected chi connectivity index (χ4v) is 3.96. The van der Waals surface area contributed by atoms with Gasteiger partial charge in [-0.15, -0.1) is 0 Å². The Labute approximate surface area is 176 Å². The van der Waals surface area contributed by atoms with Crippen molar-refractivity contribution >= 4 is 43.6 Å². The van der Waals surface area contributed by atoms with Gasteiger partial charge in [0.05, 0.1) is 17.3 Å². The van der Waals surface area contributed by atoms with Gasteiger partial charge >= 0.3 is 0 Å². The highest BCUT2D eigenvalue weighted by molar-refractivity contribution is 9.10. The topological polar surface area (TPSA) is 79.8 Å². The molecular weight excluding hydrogens is 432 g/mol. The van der Waals surface area contributed by atoms with Gasteiger partial charge in [0.2, 0.25) is 5.91 Å². The van der Waals surface area contributed by atoms with E-state index in [-0.39, 0.29) is 11.5 Å². The lowest BCUT2D eigenvalue weighted by Crippen LogP contribution is -2.28. The molecule has 0 unspecified atom stereocenters. The first-order valence-electron chi connectivity index (χ1n) is 9.52. The van der Waals surface area contributed by atoms with E-state index < -0.39 is 0 Å². The summed E-state index contributed by atoms with van der Waals surface area (Å²) >= 11 is 3.50. The Balaban J connectivity index is 1.52.